The molecular weight excluding hydrogens is 306 g/mol. The summed E-state index contributed by atoms with van der Waals surface area (Å²) in [7, 11) is 1.47. The molecule has 1 N–H and O–H groups in total. The van der Waals surface area contributed by atoms with Crippen molar-refractivity contribution in [3.05, 3.63) is 5.01 Å². The first-order valence-electron chi connectivity index (χ1n) is 7.28. The molecule has 1 heterocycles. The SMILES string of the molecule is COC(=O)C1(NC(C)C)CCCC(Sc2nnc(C)s2)C1. The molecule has 1 fully saturated rings. The molecule has 1 aromatic rings. The van der Waals surface area contributed by atoms with Crippen LogP contribution in [-0.2, 0) is 9.53 Å². The number of hydrogen-bond acceptors (Lipinski definition) is 7. The summed E-state index contributed by atoms with van der Waals surface area (Å²) in [6.45, 7) is 6.09. The van der Waals surface area contributed by atoms with Crippen LogP contribution in [0.25, 0.3) is 0 Å². The highest BCUT2D eigenvalue weighted by molar-refractivity contribution is 8.01. The van der Waals surface area contributed by atoms with Gasteiger partial charge in [-0.1, -0.05) is 23.1 Å². The van der Waals surface area contributed by atoms with Gasteiger partial charge in [0, 0.05) is 11.3 Å². The van der Waals surface area contributed by atoms with Crippen molar-refractivity contribution in [3.8, 4) is 0 Å². The van der Waals surface area contributed by atoms with Gasteiger partial charge >= 0.3 is 5.97 Å². The summed E-state index contributed by atoms with van der Waals surface area (Å²) in [4.78, 5) is 12.3. The number of carbonyl (C=O) groups is 1. The molecule has 2 unspecified atom stereocenters. The Kier molecular flexibility index (Phi) is 5.62. The Labute approximate surface area is 134 Å². The topological polar surface area (TPSA) is 64.1 Å². The molecule has 0 aromatic carbocycles. The van der Waals surface area contributed by atoms with Gasteiger partial charge in [0.1, 0.15) is 10.5 Å². The van der Waals surface area contributed by atoms with Gasteiger partial charge in [-0.3, -0.25) is 10.1 Å². The van der Waals surface area contributed by atoms with Crippen molar-refractivity contribution >= 4 is 29.1 Å². The maximum atomic E-state index is 12.3. The van der Waals surface area contributed by atoms with Gasteiger partial charge in [-0.25, -0.2) is 0 Å². The van der Waals surface area contributed by atoms with Gasteiger partial charge in [0.05, 0.1) is 7.11 Å². The third-order valence-electron chi connectivity index (χ3n) is 3.62. The smallest absolute Gasteiger partial charge is 0.326 e. The molecule has 0 spiro atoms. The summed E-state index contributed by atoms with van der Waals surface area (Å²) in [6, 6.07) is 0.247. The summed E-state index contributed by atoms with van der Waals surface area (Å²) in [5.41, 5.74) is -0.557. The number of thioether (sulfide) groups is 1. The fraction of sp³-hybridized carbons (Fsp3) is 0.786. The summed E-state index contributed by atoms with van der Waals surface area (Å²) in [5, 5.41) is 13.0. The van der Waals surface area contributed by atoms with Crippen LogP contribution in [0.15, 0.2) is 4.34 Å². The second kappa shape index (κ2) is 7.07. The third-order valence-corrected chi connectivity index (χ3v) is 5.81. The van der Waals surface area contributed by atoms with E-state index in [1.165, 1.54) is 7.11 Å². The average Bonchev–Trinajstić information content (AvgIpc) is 2.82. The molecule has 1 saturated carbocycles. The molecule has 2 rings (SSSR count). The zero-order valence-electron chi connectivity index (χ0n) is 13.0. The van der Waals surface area contributed by atoms with Gasteiger partial charge in [0.25, 0.3) is 0 Å². The van der Waals surface area contributed by atoms with Gasteiger partial charge in [-0.2, -0.15) is 0 Å². The second-order valence-electron chi connectivity index (χ2n) is 5.80. The second-order valence-corrected chi connectivity index (χ2v) is 8.53. The number of nitrogens with one attached hydrogen (secondary N) is 1. The first kappa shape index (κ1) is 16.7. The quantitative estimate of drug-likeness (QED) is 0.838. The van der Waals surface area contributed by atoms with Crippen molar-refractivity contribution < 1.29 is 9.53 Å². The van der Waals surface area contributed by atoms with Crippen LogP contribution in [0.1, 0.15) is 44.5 Å². The number of aryl methyl sites for hydroxylation is 1. The summed E-state index contributed by atoms with van der Waals surface area (Å²) < 4.78 is 6.05. The summed E-state index contributed by atoms with van der Waals surface area (Å²) in [6.07, 6.45) is 3.73. The van der Waals surface area contributed by atoms with Crippen LogP contribution in [0.4, 0.5) is 0 Å². The Bertz CT molecular complexity index is 492. The Hall–Kier alpha value is -0.660. The molecule has 118 valence electrons. The van der Waals surface area contributed by atoms with Crippen molar-refractivity contribution in [2.45, 2.75) is 67.6 Å². The lowest BCUT2D eigenvalue weighted by Gasteiger charge is -2.40. The normalized spacial score (nSPS) is 26.0. The van der Waals surface area contributed by atoms with E-state index in [4.69, 9.17) is 4.74 Å². The fourth-order valence-electron chi connectivity index (χ4n) is 2.92. The van der Waals surface area contributed by atoms with Crippen molar-refractivity contribution in [1.29, 1.82) is 0 Å². The number of methoxy groups -OCH3 is 1. The Morgan fingerprint density at radius 3 is 2.86 bits per heavy atom. The standard InChI is InChI=1S/C14H23N3O2S2/c1-9(2)15-14(12(18)19-4)7-5-6-11(8-14)21-13-17-16-10(3)20-13/h9,11,15H,5-8H2,1-4H3. The van der Waals surface area contributed by atoms with Gasteiger partial charge < -0.3 is 4.74 Å². The highest BCUT2D eigenvalue weighted by Gasteiger charge is 2.44. The lowest BCUT2D eigenvalue weighted by atomic mass is 9.81. The van der Waals surface area contributed by atoms with E-state index in [9.17, 15) is 4.79 Å². The van der Waals surface area contributed by atoms with Crippen LogP contribution >= 0.6 is 23.1 Å². The van der Waals surface area contributed by atoms with Crippen LogP contribution in [0.2, 0.25) is 0 Å². The third kappa shape index (κ3) is 4.17. The summed E-state index contributed by atoms with van der Waals surface area (Å²) in [5.74, 6) is -0.144. The van der Waals surface area contributed by atoms with E-state index < -0.39 is 5.54 Å². The molecule has 0 radical (unpaired) electrons. The molecule has 0 saturated heterocycles. The molecule has 2 atom stereocenters. The molecule has 0 amide bonds. The molecule has 0 bridgehead atoms. The molecule has 21 heavy (non-hydrogen) atoms. The van der Waals surface area contributed by atoms with E-state index in [0.29, 0.717) is 5.25 Å². The number of carbonyl (C=O) groups excluding carboxylic acids is 1. The highest BCUT2D eigenvalue weighted by Crippen LogP contribution is 2.39. The predicted octanol–water partition coefficient (Wildman–Crippen LogP) is 2.79. The van der Waals surface area contributed by atoms with Crippen molar-refractivity contribution in [2.24, 2.45) is 0 Å². The average molecular weight is 329 g/mol. The summed E-state index contributed by atoms with van der Waals surface area (Å²) >= 11 is 3.35. The molecule has 5 nitrogen and oxygen atoms in total. The van der Waals surface area contributed by atoms with Crippen molar-refractivity contribution in [1.82, 2.24) is 15.5 Å². The van der Waals surface area contributed by atoms with Crippen LogP contribution in [-0.4, -0.2) is 40.1 Å². The lowest BCUT2D eigenvalue weighted by molar-refractivity contribution is -0.150. The first-order valence-corrected chi connectivity index (χ1v) is 8.97. The zero-order chi connectivity index (χ0) is 15.5. The van der Waals surface area contributed by atoms with Gasteiger partial charge in [0.2, 0.25) is 0 Å². The van der Waals surface area contributed by atoms with Crippen LogP contribution in [0, 0.1) is 6.92 Å². The minimum absolute atomic E-state index is 0.144. The van der Waals surface area contributed by atoms with Crippen molar-refractivity contribution in [2.75, 3.05) is 7.11 Å². The van der Waals surface area contributed by atoms with Gasteiger partial charge in [-0.05, 0) is 46.5 Å². The molecule has 1 aliphatic carbocycles. The van der Waals surface area contributed by atoms with E-state index in [1.807, 2.05) is 6.92 Å². The minimum atomic E-state index is -0.557. The molecule has 7 heteroatoms. The predicted molar refractivity (Wildman–Crippen MR) is 85.8 cm³/mol. The van der Waals surface area contributed by atoms with E-state index in [0.717, 1.165) is 35.0 Å². The monoisotopic (exact) mass is 329 g/mol. The first-order chi connectivity index (χ1) is 9.95. The number of aromatic nitrogens is 2. The maximum Gasteiger partial charge on any atom is 0.326 e. The highest BCUT2D eigenvalue weighted by atomic mass is 32.2. The zero-order valence-corrected chi connectivity index (χ0v) is 14.6. The van der Waals surface area contributed by atoms with E-state index >= 15 is 0 Å². The van der Waals surface area contributed by atoms with Crippen LogP contribution in [0.3, 0.4) is 0 Å². The van der Waals surface area contributed by atoms with Crippen LogP contribution < -0.4 is 5.32 Å². The maximum absolute atomic E-state index is 12.3. The van der Waals surface area contributed by atoms with E-state index in [-0.39, 0.29) is 12.0 Å². The Morgan fingerprint density at radius 2 is 2.29 bits per heavy atom. The number of ether oxygens (including phenoxy) is 1. The van der Waals surface area contributed by atoms with Gasteiger partial charge in [-0.15, -0.1) is 10.2 Å². The number of nitrogens with zero attached hydrogens (tertiary/aromatic N) is 2. The fourth-order valence-corrected chi connectivity index (χ4v) is 5.32. The molecule has 0 aliphatic heterocycles. The van der Waals surface area contributed by atoms with E-state index in [2.05, 4.69) is 29.4 Å². The number of rotatable bonds is 5. The van der Waals surface area contributed by atoms with Gasteiger partial charge in [0.15, 0.2) is 4.34 Å². The number of hydrogen-bond donors (Lipinski definition) is 1. The molecule has 1 aliphatic rings. The van der Waals surface area contributed by atoms with Crippen LogP contribution in [0.5, 0.6) is 0 Å². The largest absolute Gasteiger partial charge is 0.468 e. The van der Waals surface area contributed by atoms with Crippen molar-refractivity contribution in [3.63, 3.8) is 0 Å². The van der Waals surface area contributed by atoms with E-state index in [1.54, 1.807) is 23.1 Å². The minimum Gasteiger partial charge on any atom is -0.468 e. The molecule has 1 aromatic heterocycles. The Morgan fingerprint density at radius 1 is 1.52 bits per heavy atom. The number of esters is 1. The Balaban J connectivity index is 2.10. The lowest BCUT2D eigenvalue weighted by Crippen LogP contribution is -2.58. The molecular formula is C14H23N3O2S2.